The molecular weight excluding hydrogens is 340 g/mol. The smallest absolute Gasteiger partial charge is 0.254 e. The highest BCUT2D eigenvalue weighted by Gasteiger charge is 2.54. The first-order valence-electron chi connectivity index (χ1n) is 8.13. The van der Waals surface area contributed by atoms with Crippen molar-refractivity contribution in [3.8, 4) is 0 Å². The van der Waals surface area contributed by atoms with Gasteiger partial charge in [-0.15, -0.1) is 0 Å². The van der Waals surface area contributed by atoms with Crippen molar-refractivity contribution in [3.05, 3.63) is 70.7 Å². The number of hydroxylamine groups is 2. The van der Waals surface area contributed by atoms with E-state index >= 15 is 0 Å². The van der Waals surface area contributed by atoms with E-state index in [9.17, 15) is 9.59 Å². The maximum absolute atomic E-state index is 12.5. The van der Waals surface area contributed by atoms with E-state index in [1.54, 1.807) is 29.2 Å². The van der Waals surface area contributed by atoms with Crippen LogP contribution in [0.15, 0.2) is 54.6 Å². The molecule has 2 aromatic carbocycles. The zero-order valence-corrected chi connectivity index (χ0v) is 14.3. The van der Waals surface area contributed by atoms with Crippen molar-refractivity contribution in [2.24, 2.45) is 0 Å². The number of nitrogens with zero attached hydrogens (tertiary/aromatic N) is 2. The van der Waals surface area contributed by atoms with Crippen LogP contribution in [0.2, 0.25) is 5.02 Å². The van der Waals surface area contributed by atoms with Crippen LogP contribution >= 0.6 is 11.6 Å². The van der Waals surface area contributed by atoms with Crippen LogP contribution in [0.1, 0.15) is 22.3 Å². The van der Waals surface area contributed by atoms with Gasteiger partial charge in [0.15, 0.2) is 0 Å². The molecular formula is C19H17ClN2O3. The van der Waals surface area contributed by atoms with Gasteiger partial charge in [0.1, 0.15) is 5.60 Å². The summed E-state index contributed by atoms with van der Waals surface area (Å²) in [6.45, 7) is 1.24. The third kappa shape index (κ3) is 3.13. The molecule has 128 valence electrons. The number of carbonyl (C=O) groups is 2. The Balaban J connectivity index is 1.39. The first-order valence-corrected chi connectivity index (χ1v) is 8.51. The van der Waals surface area contributed by atoms with Crippen molar-refractivity contribution < 1.29 is 14.4 Å². The normalized spacial score (nSPS) is 18.5. The third-order valence-electron chi connectivity index (χ3n) is 4.54. The highest BCUT2D eigenvalue weighted by Crippen LogP contribution is 2.37. The van der Waals surface area contributed by atoms with E-state index in [1.165, 1.54) is 5.06 Å². The third-order valence-corrected chi connectivity index (χ3v) is 4.78. The van der Waals surface area contributed by atoms with Crippen LogP contribution < -0.4 is 0 Å². The minimum Gasteiger partial charge on any atom is -0.332 e. The highest BCUT2D eigenvalue weighted by molar-refractivity contribution is 6.30. The molecule has 0 saturated carbocycles. The van der Waals surface area contributed by atoms with Crippen LogP contribution in [0.4, 0.5) is 0 Å². The van der Waals surface area contributed by atoms with Gasteiger partial charge in [0.05, 0.1) is 26.1 Å². The summed E-state index contributed by atoms with van der Waals surface area (Å²) in [6, 6.07) is 16.6. The molecule has 0 unspecified atom stereocenters. The van der Waals surface area contributed by atoms with Crippen LogP contribution in [0.25, 0.3) is 0 Å². The van der Waals surface area contributed by atoms with Gasteiger partial charge in [-0.1, -0.05) is 48.0 Å². The van der Waals surface area contributed by atoms with E-state index in [2.05, 4.69) is 0 Å². The first-order chi connectivity index (χ1) is 12.0. The van der Waals surface area contributed by atoms with Crippen LogP contribution in [-0.4, -0.2) is 40.5 Å². The monoisotopic (exact) mass is 356 g/mol. The lowest BCUT2D eigenvalue weighted by atomic mass is 9.90. The topological polar surface area (TPSA) is 49.9 Å². The Morgan fingerprint density at radius 2 is 1.88 bits per heavy atom. The predicted octanol–water partition coefficient (Wildman–Crippen LogP) is 2.90. The summed E-state index contributed by atoms with van der Waals surface area (Å²) in [5, 5.41) is 1.94. The number of likely N-dealkylation sites (tertiary alicyclic amines) is 1. The molecule has 25 heavy (non-hydrogen) atoms. The average molecular weight is 357 g/mol. The number of rotatable bonds is 3. The Morgan fingerprint density at radius 3 is 2.60 bits per heavy atom. The minimum absolute atomic E-state index is 0.0429. The molecule has 2 aliphatic rings. The van der Waals surface area contributed by atoms with Crippen LogP contribution in [-0.2, 0) is 16.2 Å². The SMILES string of the molecule is O=C(c1cccc(Cl)c1)N1CC2(CC(=O)N(Cc3ccccc3)O2)C1. The summed E-state index contributed by atoms with van der Waals surface area (Å²) in [7, 11) is 0. The zero-order valence-electron chi connectivity index (χ0n) is 13.5. The minimum atomic E-state index is -0.583. The van der Waals surface area contributed by atoms with Crippen molar-refractivity contribution in [2.45, 2.75) is 18.6 Å². The van der Waals surface area contributed by atoms with Gasteiger partial charge >= 0.3 is 0 Å². The molecule has 5 nitrogen and oxygen atoms in total. The fraction of sp³-hybridized carbons (Fsp3) is 0.263. The van der Waals surface area contributed by atoms with Gasteiger partial charge in [-0.05, 0) is 23.8 Å². The van der Waals surface area contributed by atoms with E-state index in [-0.39, 0.29) is 11.8 Å². The summed E-state index contributed by atoms with van der Waals surface area (Å²) in [4.78, 5) is 32.3. The molecule has 0 atom stereocenters. The molecule has 0 N–H and O–H groups in total. The summed E-state index contributed by atoms with van der Waals surface area (Å²) in [6.07, 6.45) is 0.305. The highest BCUT2D eigenvalue weighted by atomic mass is 35.5. The van der Waals surface area contributed by atoms with Crippen LogP contribution in [0.3, 0.4) is 0 Å². The summed E-state index contributed by atoms with van der Waals surface area (Å²) < 4.78 is 0. The van der Waals surface area contributed by atoms with Crippen molar-refractivity contribution >= 4 is 23.4 Å². The van der Waals surface area contributed by atoms with Crippen molar-refractivity contribution in [2.75, 3.05) is 13.1 Å². The molecule has 2 amide bonds. The molecule has 4 rings (SSSR count). The molecule has 0 aliphatic carbocycles. The standard InChI is InChI=1S/C19H17ClN2O3/c20-16-8-4-7-15(9-16)18(24)21-12-19(13-21)10-17(23)22(25-19)11-14-5-2-1-3-6-14/h1-9H,10-13H2. The van der Waals surface area contributed by atoms with E-state index in [1.807, 2.05) is 30.3 Å². The quantitative estimate of drug-likeness (QED) is 0.849. The van der Waals surface area contributed by atoms with E-state index in [0.29, 0.717) is 36.6 Å². The summed E-state index contributed by atoms with van der Waals surface area (Å²) in [5.41, 5.74) is 0.979. The Kier molecular flexibility index (Phi) is 3.98. The average Bonchev–Trinajstić information content (AvgIpc) is 2.91. The maximum Gasteiger partial charge on any atom is 0.254 e. The maximum atomic E-state index is 12.5. The van der Waals surface area contributed by atoms with Crippen molar-refractivity contribution in [1.29, 1.82) is 0 Å². The number of amides is 2. The molecule has 6 heteroatoms. The molecule has 0 bridgehead atoms. The largest absolute Gasteiger partial charge is 0.332 e. The molecule has 1 spiro atoms. The Labute approximate surface area is 150 Å². The lowest BCUT2D eigenvalue weighted by Gasteiger charge is -2.45. The van der Waals surface area contributed by atoms with Gasteiger partial charge in [0.2, 0.25) is 5.91 Å². The van der Waals surface area contributed by atoms with Gasteiger partial charge in [-0.25, -0.2) is 5.06 Å². The second-order valence-electron chi connectivity index (χ2n) is 6.54. The zero-order chi connectivity index (χ0) is 17.4. The van der Waals surface area contributed by atoms with E-state index in [0.717, 1.165) is 5.56 Å². The van der Waals surface area contributed by atoms with E-state index < -0.39 is 5.60 Å². The van der Waals surface area contributed by atoms with Gasteiger partial charge in [0, 0.05) is 10.6 Å². The lowest BCUT2D eigenvalue weighted by molar-refractivity contribution is -0.233. The van der Waals surface area contributed by atoms with E-state index in [4.69, 9.17) is 16.4 Å². The molecule has 2 aromatic rings. The van der Waals surface area contributed by atoms with Gasteiger partial charge in [-0.2, -0.15) is 0 Å². The number of carbonyl (C=O) groups excluding carboxylic acids is 2. The molecule has 2 fully saturated rings. The number of hydrogen-bond acceptors (Lipinski definition) is 3. The Morgan fingerprint density at radius 1 is 1.12 bits per heavy atom. The van der Waals surface area contributed by atoms with Gasteiger partial charge in [-0.3, -0.25) is 14.4 Å². The molecule has 0 aromatic heterocycles. The number of halogens is 1. The number of benzene rings is 2. The van der Waals surface area contributed by atoms with Crippen LogP contribution in [0, 0.1) is 0 Å². The second-order valence-corrected chi connectivity index (χ2v) is 6.98. The second kappa shape index (κ2) is 6.17. The lowest BCUT2D eigenvalue weighted by Crippen LogP contribution is -2.63. The van der Waals surface area contributed by atoms with Crippen molar-refractivity contribution in [3.63, 3.8) is 0 Å². The Hall–Kier alpha value is -2.37. The molecule has 2 aliphatic heterocycles. The molecule has 2 heterocycles. The summed E-state index contributed by atoms with van der Waals surface area (Å²) in [5.74, 6) is -0.135. The van der Waals surface area contributed by atoms with Gasteiger partial charge in [0.25, 0.3) is 5.91 Å². The summed E-state index contributed by atoms with van der Waals surface area (Å²) >= 11 is 5.94. The predicted molar refractivity (Wildman–Crippen MR) is 92.8 cm³/mol. The van der Waals surface area contributed by atoms with Crippen molar-refractivity contribution in [1.82, 2.24) is 9.96 Å². The Bertz CT molecular complexity index is 818. The molecule has 0 radical (unpaired) electrons. The number of hydrogen-bond donors (Lipinski definition) is 0. The van der Waals surface area contributed by atoms with Crippen LogP contribution in [0.5, 0.6) is 0 Å². The first kappa shape index (κ1) is 16.1. The molecule has 2 saturated heterocycles. The fourth-order valence-electron chi connectivity index (χ4n) is 3.32. The van der Waals surface area contributed by atoms with Gasteiger partial charge < -0.3 is 4.90 Å². The fourth-order valence-corrected chi connectivity index (χ4v) is 3.51.